The minimum atomic E-state index is 0.338. The van der Waals surface area contributed by atoms with Crippen molar-refractivity contribution >= 4 is 0 Å². The first-order valence-electron chi connectivity index (χ1n) is 8.05. The molecule has 19 heavy (non-hydrogen) atoms. The molecule has 3 heterocycles. The fraction of sp³-hybridized carbons (Fsp3) is 1.00. The quantitative estimate of drug-likeness (QED) is 0.807. The standard InChI is InChI=1S/C15H29N3O/c1-12-8-17-6-3-2-4-14(17)10-18(12)9-13-11-19-7-5-15(13)16/h12-15H,2-11,16H2,1H3. The summed E-state index contributed by atoms with van der Waals surface area (Å²) in [4.78, 5) is 5.38. The van der Waals surface area contributed by atoms with Crippen LogP contribution in [-0.4, -0.2) is 67.3 Å². The number of ether oxygens (including phenoxy) is 1. The molecule has 3 saturated heterocycles. The van der Waals surface area contributed by atoms with E-state index in [1.54, 1.807) is 0 Å². The molecule has 0 aliphatic carbocycles. The Hall–Kier alpha value is -0.160. The number of piperidine rings is 1. The minimum absolute atomic E-state index is 0.338. The average molecular weight is 267 g/mol. The Balaban J connectivity index is 1.57. The van der Waals surface area contributed by atoms with E-state index in [4.69, 9.17) is 10.5 Å². The number of nitrogens with zero attached hydrogens (tertiary/aromatic N) is 2. The molecule has 3 fully saturated rings. The van der Waals surface area contributed by atoms with Crippen molar-refractivity contribution in [3.05, 3.63) is 0 Å². The van der Waals surface area contributed by atoms with Gasteiger partial charge in [-0.15, -0.1) is 0 Å². The van der Waals surface area contributed by atoms with Crippen LogP contribution in [-0.2, 0) is 4.74 Å². The van der Waals surface area contributed by atoms with Gasteiger partial charge in [-0.3, -0.25) is 9.80 Å². The number of hydrogen-bond acceptors (Lipinski definition) is 4. The van der Waals surface area contributed by atoms with Gasteiger partial charge in [0.05, 0.1) is 6.61 Å². The molecule has 2 N–H and O–H groups in total. The van der Waals surface area contributed by atoms with Gasteiger partial charge in [-0.25, -0.2) is 0 Å². The topological polar surface area (TPSA) is 41.7 Å². The summed E-state index contributed by atoms with van der Waals surface area (Å²) >= 11 is 0. The Morgan fingerprint density at radius 1 is 1.21 bits per heavy atom. The van der Waals surface area contributed by atoms with E-state index in [1.807, 2.05) is 0 Å². The largest absolute Gasteiger partial charge is 0.381 e. The fourth-order valence-corrected chi connectivity index (χ4v) is 3.97. The summed E-state index contributed by atoms with van der Waals surface area (Å²) < 4.78 is 5.62. The third-order valence-electron chi connectivity index (χ3n) is 5.32. The molecule has 3 rings (SSSR count). The summed E-state index contributed by atoms with van der Waals surface area (Å²) in [7, 11) is 0. The van der Waals surface area contributed by atoms with Crippen LogP contribution in [0.5, 0.6) is 0 Å². The molecule has 4 atom stereocenters. The molecule has 3 aliphatic rings. The van der Waals surface area contributed by atoms with Crippen molar-refractivity contribution in [1.29, 1.82) is 0 Å². The molecule has 0 aromatic rings. The molecule has 4 nitrogen and oxygen atoms in total. The molecule has 0 aromatic carbocycles. The maximum absolute atomic E-state index is 6.26. The lowest BCUT2D eigenvalue weighted by Gasteiger charge is -2.49. The van der Waals surface area contributed by atoms with Gasteiger partial charge in [-0.05, 0) is 32.7 Å². The maximum Gasteiger partial charge on any atom is 0.0521 e. The van der Waals surface area contributed by atoms with E-state index in [0.29, 0.717) is 18.0 Å². The summed E-state index contributed by atoms with van der Waals surface area (Å²) in [6, 6.07) is 1.81. The van der Waals surface area contributed by atoms with Crippen LogP contribution in [0.4, 0.5) is 0 Å². The van der Waals surface area contributed by atoms with Crippen molar-refractivity contribution in [3.8, 4) is 0 Å². The predicted molar refractivity (Wildman–Crippen MR) is 77.1 cm³/mol. The summed E-state index contributed by atoms with van der Waals surface area (Å²) in [5, 5.41) is 0. The second-order valence-electron chi connectivity index (χ2n) is 6.73. The van der Waals surface area contributed by atoms with Crippen molar-refractivity contribution < 1.29 is 4.74 Å². The number of nitrogens with two attached hydrogens (primary N) is 1. The van der Waals surface area contributed by atoms with Gasteiger partial charge in [-0.1, -0.05) is 6.42 Å². The highest BCUT2D eigenvalue weighted by Gasteiger charge is 2.35. The maximum atomic E-state index is 6.26. The van der Waals surface area contributed by atoms with E-state index in [-0.39, 0.29) is 0 Å². The Kier molecular flexibility index (Phi) is 4.42. The molecule has 110 valence electrons. The van der Waals surface area contributed by atoms with Crippen LogP contribution in [0.25, 0.3) is 0 Å². The molecule has 0 amide bonds. The first-order chi connectivity index (χ1) is 9.24. The third-order valence-corrected chi connectivity index (χ3v) is 5.32. The van der Waals surface area contributed by atoms with Gasteiger partial charge in [0.1, 0.15) is 0 Å². The van der Waals surface area contributed by atoms with Gasteiger partial charge < -0.3 is 10.5 Å². The van der Waals surface area contributed by atoms with Crippen molar-refractivity contribution in [2.75, 3.05) is 39.4 Å². The fourth-order valence-electron chi connectivity index (χ4n) is 3.97. The Bertz CT molecular complexity index is 299. The van der Waals surface area contributed by atoms with Crippen LogP contribution >= 0.6 is 0 Å². The van der Waals surface area contributed by atoms with Gasteiger partial charge in [0.2, 0.25) is 0 Å². The Morgan fingerprint density at radius 3 is 2.95 bits per heavy atom. The first-order valence-corrected chi connectivity index (χ1v) is 8.05. The van der Waals surface area contributed by atoms with Gasteiger partial charge >= 0.3 is 0 Å². The van der Waals surface area contributed by atoms with Crippen molar-refractivity contribution in [1.82, 2.24) is 9.80 Å². The minimum Gasteiger partial charge on any atom is -0.381 e. The average Bonchev–Trinajstić information content (AvgIpc) is 2.42. The zero-order valence-electron chi connectivity index (χ0n) is 12.3. The summed E-state index contributed by atoms with van der Waals surface area (Å²) in [5.41, 5.74) is 6.26. The van der Waals surface area contributed by atoms with E-state index < -0.39 is 0 Å². The molecule has 0 radical (unpaired) electrons. The predicted octanol–water partition coefficient (Wildman–Crippen LogP) is 0.909. The van der Waals surface area contributed by atoms with E-state index in [2.05, 4.69) is 16.7 Å². The molecule has 0 aromatic heterocycles. The molecular formula is C15H29N3O. The highest BCUT2D eigenvalue weighted by molar-refractivity contribution is 4.91. The number of piperazine rings is 1. The van der Waals surface area contributed by atoms with Crippen LogP contribution in [0.1, 0.15) is 32.6 Å². The normalized spacial score (nSPS) is 42.0. The summed E-state index contributed by atoms with van der Waals surface area (Å²) in [6.45, 7) is 9.02. The number of hydrogen-bond donors (Lipinski definition) is 1. The SMILES string of the molecule is CC1CN2CCCCC2CN1CC1COCCC1N. The van der Waals surface area contributed by atoms with E-state index in [1.165, 1.54) is 38.9 Å². The van der Waals surface area contributed by atoms with Crippen LogP contribution in [0, 0.1) is 5.92 Å². The molecule has 4 unspecified atom stereocenters. The highest BCUT2D eigenvalue weighted by atomic mass is 16.5. The monoisotopic (exact) mass is 267 g/mol. The lowest BCUT2D eigenvalue weighted by molar-refractivity contribution is -0.0205. The van der Waals surface area contributed by atoms with E-state index in [9.17, 15) is 0 Å². The lowest BCUT2D eigenvalue weighted by Crippen LogP contribution is -2.60. The lowest BCUT2D eigenvalue weighted by atomic mass is 9.92. The van der Waals surface area contributed by atoms with Gasteiger partial charge in [-0.2, -0.15) is 0 Å². The zero-order chi connectivity index (χ0) is 13.2. The highest BCUT2D eigenvalue weighted by Crippen LogP contribution is 2.25. The third kappa shape index (κ3) is 3.13. The molecule has 0 saturated carbocycles. The van der Waals surface area contributed by atoms with Gasteiger partial charge in [0.15, 0.2) is 0 Å². The van der Waals surface area contributed by atoms with Gasteiger partial charge in [0.25, 0.3) is 0 Å². The van der Waals surface area contributed by atoms with Gasteiger partial charge in [0, 0.05) is 50.3 Å². The first kappa shape index (κ1) is 13.8. The number of fused-ring (bicyclic) bond motifs is 1. The van der Waals surface area contributed by atoms with Crippen LogP contribution in [0.15, 0.2) is 0 Å². The van der Waals surface area contributed by atoms with Crippen molar-refractivity contribution in [2.45, 2.75) is 50.7 Å². The summed E-state index contributed by atoms with van der Waals surface area (Å²) in [6.07, 6.45) is 5.22. The van der Waals surface area contributed by atoms with Crippen LogP contribution in [0.3, 0.4) is 0 Å². The van der Waals surface area contributed by atoms with Crippen LogP contribution in [0.2, 0.25) is 0 Å². The Labute approximate surface area is 117 Å². The Morgan fingerprint density at radius 2 is 2.11 bits per heavy atom. The second kappa shape index (κ2) is 6.08. The molecular weight excluding hydrogens is 238 g/mol. The smallest absolute Gasteiger partial charge is 0.0521 e. The van der Waals surface area contributed by atoms with Crippen molar-refractivity contribution in [3.63, 3.8) is 0 Å². The van der Waals surface area contributed by atoms with E-state index >= 15 is 0 Å². The van der Waals surface area contributed by atoms with Crippen LogP contribution < -0.4 is 5.73 Å². The van der Waals surface area contributed by atoms with E-state index in [0.717, 1.165) is 32.2 Å². The second-order valence-corrected chi connectivity index (χ2v) is 6.73. The van der Waals surface area contributed by atoms with Crippen molar-refractivity contribution in [2.24, 2.45) is 11.7 Å². The molecule has 4 heteroatoms. The summed E-state index contributed by atoms with van der Waals surface area (Å²) in [5.74, 6) is 0.534. The number of rotatable bonds is 2. The molecule has 3 aliphatic heterocycles. The molecule has 0 spiro atoms. The zero-order valence-corrected chi connectivity index (χ0v) is 12.3. The molecule has 0 bridgehead atoms.